The summed E-state index contributed by atoms with van der Waals surface area (Å²) >= 11 is 0. The molecule has 0 amide bonds. The van der Waals surface area contributed by atoms with Crippen LogP contribution < -0.4 is 5.73 Å². The van der Waals surface area contributed by atoms with Crippen LogP contribution in [0.25, 0.3) is 0 Å². The first-order chi connectivity index (χ1) is 7.34. The van der Waals surface area contributed by atoms with Gasteiger partial charge in [0.15, 0.2) is 0 Å². The van der Waals surface area contributed by atoms with Gasteiger partial charge in [-0.05, 0) is 37.8 Å². The maximum Gasteiger partial charge on any atom is 0.0127 e. The summed E-state index contributed by atoms with van der Waals surface area (Å²) in [5.41, 5.74) is 5.94. The molecule has 1 saturated carbocycles. The Kier molecular flexibility index (Phi) is 2.71. The SMILES string of the molecule is NC1C2CN(CCN3CCCCC3)CC12. The third-order valence-corrected chi connectivity index (χ3v) is 4.52. The normalized spacial score (nSPS) is 41.8. The standard InChI is InChI=1S/C12H23N3/c13-12-10-8-15(9-11(10)12)7-6-14-4-2-1-3-5-14/h10-12H,1-9,13H2. The maximum atomic E-state index is 5.94. The van der Waals surface area contributed by atoms with E-state index in [1.807, 2.05) is 0 Å². The lowest BCUT2D eigenvalue weighted by molar-refractivity contribution is 0.188. The second-order valence-corrected chi connectivity index (χ2v) is 5.57. The monoisotopic (exact) mass is 209 g/mol. The van der Waals surface area contributed by atoms with Crippen LogP contribution in [0.4, 0.5) is 0 Å². The third kappa shape index (κ3) is 2.05. The Bertz CT molecular complexity index is 213. The summed E-state index contributed by atoms with van der Waals surface area (Å²) in [6.45, 7) is 7.79. The van der Waals surface area contributed by atoms with Crippen LogP contribution in [-0.2, 0) is 0 Å². The predicted octanol–water partition coefficient (Wildman–Crippen LogP) is 0.361. The van der Waals surface area contributed by atoms with Crippen LogP contribution in [0.2, 0.25) is 0 Å². The maximum absolute atomic E-state index is 5.94. The van der Waals surface area contributed by atoms with Crippen molar-refractivity contribution in [3.05, 3.63) is 0 Å². The number of likely N-dealkylation sites (tertiary alicyclic amines) is 2. The van der Waals surface area contributed by atoms with Gasteiger partial charge in [0.1, 0.15) is 0 Å². The number of fused-ring (bicyclic) bond motifs is 1. The molecule has 3 aliphatic rings. The molecule has 3 heteroatoms. The van der Waals surface area contributed by atoms with Gasteiger partial charge < -0.3 is 15.5 Å². The van der Waals surface area contributed by atoms with Crippen molar-refractivity contribution in [2.75, 3.05) is 39.3 Å². The van der Waals surface area contributed by atoms with Crippen LogP contribution in [-0.4, -0.2) is 55.1 Å². The van der Waals surface area contributed by atoms with E-state index in [9.17, 15) is 0 Å². The fraction of sp³-hybridized carbons (Fsp3) is 1.00. The number of piperidine rings is 2. The minimum atomic E-state index is 0.552. The molecule has 2 aliphatic heterocycles. The van der Waals surface area contributed by atoms with Crippen molar-refractivity contribution in [3.63, 3.8) is 0 Å². The van der Waals surface area contributed by atoms with E-state index in [0.29, 0.717) is 6.04 Å². The van der Waals surface area contributed by atoms with Gasteiger partial charge in [-0.3, -0.25) is 0 Å². The van der Waals surface area contributed by atoms with E-state index in [1.54, 1.807) is 0 Å². The quantitative estimate of drug-likeness (QED) is 0.728. The molecule has 2 N–H and O–H groups in total. The fourth-order valence-electron chi connectivity index (χ4n) is 3.31. The molecule has 1 aliphatic carbocycles. The van der Waals surface area contributed by atoms with Gasteiger partial charge in [0, 0.05) is 32.2 Å². The summed E-state index contributed by atoms with van der Waals surface area (Å²) in [5, 5.41) is 0. The Balaban J connectivity index is 1.36. The van der Waals surface area contributed by atoms with Crippen LogP contribution in [0.15, 0.2) is 0 Å². The molecule has 0 aromatic rings. The average Bonchev–Trinajstić information content (AvgIpc) is 2.74. The molecule has 3 rings (SSSR count). The second kappa shape index (κ2) is 4.04. The van der Waals surface area contributed by atoms with E-state index in [4.69, 9.17) is 5.73 Å². The highest BCUT2D eigenvalue weighted by atomic mass is 15.2. The first-order valence-corrected chi connectivity index (χ1v) is 6.55. The van der Waals surface area contributed by atoms with Crippen molar-refractivity contribution in [1.82, 2.24) is 9.80 Å². The number of hydrogen-bond donors (Lipinski definition) is 1. The Hall–Kier alpha value is -0.120. The van der Waals surface area contributed by atoms with Crippen molar-refractivity contribution in [3.8, 4) is 0 Å². The summed E-state index contributed by atoms with van der Waals surface area (Å²) < 4.78 is 0. The highest BCUT2D eigenvalue weighted by Crippen LogP contribution is 2.43. The van der Waals surface area contributed by atoms with Gasteiger partial charge in [-0.25, -0.2) is 0 Å². The minimum Gasteiger partial charge on any atom is -0.327 e. The molecule has 2 atom stereocenters. The summed E-state index contributed by atoms with van der Waals surface area (Å²) in [7, 11) is 0. The number of nitrogens with zero attached hydrogens (tertiary/aromatic N) is 2. The molecule has 0 radical (unpaired) electrons. The molecule has 15 heavy (non-hydrogen) atoms. The van der Waals surface area contributed by atoms with E-state index in [0.717, 1.165) is 11.8 Å². The molecule has 2 heterocycles. The molecule has 0 bridgehead atoms. The van der Waals surface area contributed by atoms with Crippen molar-refractivity contribution < 1.29 is 0 Å². The Morgan fingerprint density at radius 2 is 1.47 bits per heavy atom. The van der Waals surface area contributed by atoms with Crippen molar-refractivity contribution in [2.45, 2.75) is 25.3 Å². The van der Waals surface area contributed by atoms with E-state index in [-0.39, 0.29) is 0 Å². The number of nitrogens with two attached hydrogens (primary N) is 1. The predicted molar refractivity (Wildman–Crippen MR) is 61.7 cm³/mol. The zero-order valence-corrected chi connectivity index (χ0v) is 9.57. The van der Waals surface area contributed by atoms with E-state index < -0.39 is 0 Å². The number of rotatable bonds is 3. The highest BCUT2D eigenvalue weighted by Gasteiger charge is 2.53. The summed E-state index contributed by atoms with van der Waals surface area (Å²) in [5.74, 6) is 1.71. The molecule has 3 fully saturated rings. The van der Waals surface area contributed by atoms with Gasteiger partial charge in [0.2, 0.25) is 0 Å². The first kappa shape index (κ1) is 10.1. The molecule has 2 saturated heterocycles. The van der Waals surface area contributed by atoms with Gasteiger partial charge in [0.25, 0.3) is 0 Å². The Morgan fingerprint density at radius 3 is 2.13 bits per heavy atom. The zero-order valence-electron chi connectivity index (χ0n) is 9.57. The lowest BCUT2D eigenvalue weighted by atomic mass is 10.1. The molecule has 3 nitrogen and oxygen atoms in total. The van der Waals surface area contributed by atoms with Crippen LogP contribution in [0.3, 0.4) is 0 Å². The summed E-state index contributed by atoms with van der Waals surface area (Å²) in [6, 6.07) is 0.552. The van der Waals surface area contributed by atoms with Gasteiger partial charge in [0.05, 0.1) is 0 Å². The van der Waals surface area contributed by atoms with E-state index in [2.05, 4.69) is 9.80 Å². The van der Waals surface area contributed by atoms with Crippen LogP contribution in [0.5, 0.6) is 0 Å². The molecule has 86 valence electrons. The summed E-state index contributed by atoms with van der Waals surface area (Å²) in [6.07, 6.45) is 4.27. The second-order valence-electron chi connectivity index (χ2n) is 5.57. The van der Waals surface area contributed by atoms with Gasteiger partial charge in [-0.1, -0.05) is 6.42 Å². The molecular formula is C12H23N3. The third-order valence-electron chi connectivity index (χ3n) is 4.52. The molecular weight excluding hydrogens is 186 g/mol. The zero-order chi connectivity index (χ0) is 10.3. The highest BCUT2D eigenvalue weighted by molar-refractivity contribution is 5.08. The average molecular weight is 209 g/mol. The fourth-order valence-corrected chi connectivity index (χ4v) is 3.31. The van der Waals surface area contributed by atoms with Crippen LogP contribution in [0.1, 0.15) is 19.3 Å². The lowest BCUT2D eigenvalue weighted by Gasteiger charge is -2.29. The van der Waals surface area contributed by atoms with Crippen LogP contribution >= 0.6 is 0 Å². The first-order valence-electron chi connectivity index (χ1n) is 6.55. The van der Waals surface area contributed by atoms with Gasteiger partial charge in [-0.2, -0.15) is 0 Å². The number of hydrogen-bond acceptors (Lipinski definition) is 3. The minimum absolute atomic E-state index is 0.552. The van der Waals surface area contributed by atoms with E-state index in [1.165, 1.54) is 58.5 Å². The molecule has 2 unspecified atom stereocenters. The van der Waals surface area contributed by atoms with Crippen LogP contribution in [0, 0.1) is 11.8 Å². The Labute approximate surface area is 92.6 Å². The van der Waals surface area contributed by atoms with Crippen molar-refractivity contribution in [1.29, 1.82) is 0 Å². The molecule has 0 aromatic carbocycles. The molecule has 0 aromatic heterocycles. The molecule has 0 spiro atoms. The van der Waals surface area contributed by atoms with Crippen molar-refractivity contribution in [2.24, 2.45) is 17.6 Å². The van der Waals surface area contributed by atoms with E-state index >= 15 is 0 Å². The lowest BCUT2D eigenvalue weighted by Crippen LogP contribution is -2.38. The smallest absolute Gasteiger partial charge is 0.0127 e. The van der Waals surface area contributed by atoms with Gasteiger partial charge in [-0.15, -0.1) is 0 Å². The van der Waals surface area contributed by atoms with Gasteiger partial charge >= 0.3 is 0 Å². The largest absolute Gasteiger partial charge is 0.327 e. The summed E-state index contributed by atoms with van der Waals surface area (Å²) in [4.78, 5) is 5.25. The van der Waals surface area contributed by atoms with Crippen molar-refractivity contribution >= 4 is 0 Å². The topological polar surface area (TPSA) is 32.5 Å². The Morgan fingerprint density at radius 1 is 0.867 bits per heavy atom.